The number of unbranched alkanes of at least 4 members (excludes halogenated alkanes) is 2. The zero-order valence-electron chi connectivity index (χ0n) is 18.1. The zero-order chi connectivity index (χ0) is 24.1. The Morgan fingerprint density at radius 1 is 1.00 bits per heavy atom. The predicted octanol–water partition coefficient (Wildman–Crippen LogP) is 3.19. The molecule has 0 saturated heterocycles. The van der Waals surface area contributed by atoms with Crippen molar-refractivity contribution in [3.63, 3.8) is 0 Å². The molecule has 0 aliphatic rings. The summed E-state index contributed by atoms with van der Waals surface area (Å²) in [6.45, 7) is 0.578. The highest BCUT2D eigenvalue weighted by molar-refractivity contribution is 5.83. The molecule has 0 unspecified atom stereocenters. The average Bonchev–Trinajstić information content (AvgIpc) is 2.80. The van der Waals surface area contributed by atoms with Gasteiger partial charge in [-0.2, -0.15) is 0 Å². The van der Waals surface area contributed by atoms with Gasteiger partial charge in [0.1, 0.15) is 12.6 Å². The minimum Gasteiger partial charge on any atom is -0.480 e. The van der Waals surface area contributed by atoms with E-state index in [-0.39, 0.29) is 30.7 Å². The number of nitro groups is 1. The summed E-state index contributed by atoms with van der Waals surface area (Å²) < 4.78 is 5.10. The number of ether oxygens (including phenoxy) is 1. The maximum Gasteiger partial charge on any atom is 0.407 e. The van der Waals surface area contributed by atoms with Crippen LogP contribution in [0.1, 0.15) is 36.8 Å². The Morgan fingerprint density at radius 3 is 2.39 bits per heavy atom. The molecule has 0 spiro atoms. The number of hydrogen-bond acceptors (Lipinski definition) is 6. The van der Waals surface area contributed by atoms with E-state index in [4.69, 9.17) is 4.74 Å². The van der Waals surface area contributed by atoms with E-state index in [1.165, 1.54) is 18.2 Å². The highest BCUT2D eigenvalue weighted by atomic mass is 16.6. The second kappa shape index (κ2) is 13.5. The van der Waals surface area contributed by atoms with Gasteiger partial charge in [-0.3, -0.25) is 14.9 Å². The van der Waals surface area contributed by atoms with Gasteiger partial charge < -0.3 is 20.5 Å². The Kier molecular flexibility index (Phi) is 10.3. The lowest BCUT2D eigenvalue weighted by Gasteiger charge is -2.15. The van der Waals surface area contributed by atoms with Crippen molar-refractivity contribution in [1.29, 1.82) is 0 Å². The topological polar surface area (TPSA) is 148 Å². The molecule has 0 heterocycles. The lowest BCUT2D eigenvalue weighted by molar-refractivity contribution is -0.385. The van der Waals surface area contributed by atoms with Gasteiger partial charge in [0, 0.05) is 31.0 Å². The SMILES string of the molecule is O=C(CCCCCNC(=O)OCc1ccccc1)N[C@@H](Cc1ccccc1[N+](=O)[O-])C(=O)O. The van der Waals surface area contributed by atoms with Gasteiger partial charge in [0.15, 0.2) is 0 Å². The van der Waals surface area contributed by atoms with Crippen molar-refractivity contribution in [2.45, 2.75) is 44.8 Å². The first kappa shape index (κ1) is 25.3. The van der Waals surface area contributed by atoms with Crippen molar-refractivity contribution < 1.29 is 29.2 Å². The standard InChI is InChI=1S/C23H27N3O7/c27-21(25-19(22(28)29)15-18-11-6-7-12-20(18)26(31)32)13-5-2-8-14-24-23(30)33-16-17-9-3-1-4-10-17/h1,3-4,6-7,9-12,19H,2,5,8,13-16H2,(H,24,30)(H,25,27)(H,28,29)/t19-/m0/s1. The fourth-order valence-electron chi connectivity index (χ4n) is 3.10. The number of carbonyl (C=O) groups is 3. The summed E-state index contributed by atoms with van der Waals surface area (Å²) in [6.07, 6.45) is 1.19. The number of carbonyl (C=O) groups excluding carboxylic acids is 2. The molecule has 33 heavy (non-hydrogen) atoms. The molecule has 10 nitrogen and oxygen atoms in total. The van der Waals surface area contributed by atoms with Gasteiger partial charge in [0.2, 0.25) is 5.91 Å². The lowest BCUT2D eigenvalue weighted by atomic mass is 10.0. The van der Waals surface area contributed by atoms with Crippen LogP contribution < -0.4 is 10.6 Å². The maximum atomic E-state index is 12.1. The third kappa shape index (κ3) is 9.38. The Labute approximate surface area is 191 Å². The van der Waals surface area contributed by atoms with Crippen LogP contribution in [0.15, 0.2) is 54.6 Å². The van der Waals surface area contributed by atoms with Gasteiger partial charge in [-0.15, -0.1) is 0 Å². The largest absolute Gasteiger partial charge is 0.480 e. The van der Waals surface area contributed by atoms with Crippen LogP contribution >= 0.6 is 0 Å². The van der Waals surface area contributed by atoms with E-state index < -0.39 is 28.9 Å². The number of hydrogen-bond donors (Lipinski definition) is 3. The molecular weight excluding hydrogens is 430 g/mol. The number of nitrogens with one attached hydrogen (secondary N) is 2. The molecule has 176 valence electrons. The van der Waals surface area contributed by atoms with E-state index in [1.54, 1.807) is 6.07 Å². The molecule has 2 rings (SSSR count). The zero-order valence-corrected chi connectivity index (χ0v) is 18.1. The second-order valence-corrected chi connectivity index (χ2v) is 7.35. The summed E-state index contributed by atoms with van der Waals surface area (Å²) in [7, 11) is 0. The van der Waals surface area contributed by atoms with E-state index in [0.717, 1.165) is 5.56 Å². The van der Waals surface area contributed by atoms with Crippen molar-refractivity contribution >= 4 is 23.7 Å². The van der Waals surface area contributed by atoms with Gasteiger partial charge in [-0.1, -0.05) is 55.0 Å². The van der Waals surface area contributed by atoms with Crippen LogP contribution in [0.2, 0.25) is 0 Å². The lowest BCUT2D eigenvalue weighted by Crippen LogP contribution is -2.42. The molecule has 0 aromatic heterocycles. The fourth-order valence-corrected chi connectivity index (χ4v) is 3.10. The van der Waals surface area contributed by atoms with Crippen LogP contribution in [-0.4, -0.2) is 40.6 Å². The molecule has 0 aliphatic heterocycles. The van der Waals surface area contributed by atoms with Gasteiger partial charge in [-0.25, -0.2) is 9.59 Å². The number of carboxylic acid groups (broad SMARTS) is 1. The molecule has 2 aromatic carbocycles. The summed E-state index contributed by atoms with van der Waals surface area (Å²) in [5, 5.41) is 25.5. The predicted molar refractivity (Wildman–Crippen MR) is 119 cm³/mol. The first-order valence-electron chi connectivity index (χ1n) is 10.6. The van der Waals surface area contributed by atoms with Crippen molar-refractivity contribution in [2.24, 2.45) is 0 Å². The molecule has 0 aliphatic carbocycles. The average molecular weight is 457 g/mol. The number of alkyl carbamates (subject to hydrolysis) is 1. The highest BCUT2D eigenvalue weighted by Gasteiger charge is 2.24. The molecule has 0 radical (unpaired) electrons. The van der Waals surface area contributed by atoms with Crippen LogP contribution in [0.3, 0.4) is 0 Å². The molecule has 2 aromatic rings. The Bertz CT molecular complexity index is 950. The number of aliphatic carboxylic acids is 1. The Morgan fingerprint density at radius 2 is 1.70 bits per heavy atom. The molecule has 1 atom stereocenters. The van der Waals surface area contributed by atoms with Crippen molar-refractivity contribution in [3.05, 3.63) is 75.8 Å². The monoisotopic (exact) mass is 457 g/mol. The second-order valence-electron chi connectivity index (χ2n) is 7.35. The van der Waals surface area contributed by atoms with Crippen LogP contribution in [0.4, 0.5) is 10.5 Å². The third-order valence-electron chi connectivity index (χ3n) is 4.81. The van der Waals surface area contributed by atoms with E-state index in [2.05, 4.69) is 10.6 Å². The molecule has 0 saturated carbocycles. The minimum absolute atomic E-state index is 0.110. The first-order chi connectivity index (χ1) is 15.9. The van der Waals surface area contributed by atoms with Crippen molar-refractivity contribution in [2.75, 3.05) is 6.54 Å². The number of benzene rings is 2. The fraction of sp³-hybridized carbons (Fsp3) is 0.348. The highest BCUT2D eigenvalue weighted by Crippen LogP contribution is 2.19. The Hall–Kier alpha value is -3.95. The Balaban J connectivity index is 1.64. The van der Waals surface area contributed by atoms with Gasteiger partial charge in [0.05, 0.1) is 4.92 Å². The van der Waals surface area contributed by atoms with E-state index in [1.807, 2.05) is 30.3 Å². The van der Waals surface area contributed by atoms with Crippen LogP contribution in [-0.2, 0) is 27.4 Å². The summed E-state index contributed by atoms with van der Waals surface area (Å²) in [6, 6.07) is 13.9. The number of amides is 2. The molecule has 3 N–H and O–H groups in total. The van der Waals surface area contributed by atoms with E-state index in [0.29, 0.717) is 25.8 Å². The molecule has 0 fully saturated rings. The van der Waals surface area contributed by atoms with E-state index in [9.17, 15) is 29.6 Å². The van der Waals surface area contributed by atoms with Crippen LogP contribution in [0.25, 0.3) is 0 Å². The van der Waals surface area contributed by atoms with Crippen molar-refractivity contribution in [1.82, 2.24) is 10.6 Å². The number of carboxylic acids is 1. The van der Waals surface area contributed by atoms with Crippen molar-refractivity contribution in [3.8, 4) is 0 Å². The van der Waals surface area contributed by atoms with Crippen LogP contribution in [0.5, 0.6) is 0 Å². The number of nitrogens with zero attached hydrogens (tertiary/aromatic N) is 1. The van der Waals surface area contributed by atoms with Gasteiger partial charge in [0.25, 0.3) is 5.69 Å². The molecule has 10 heteroatoms. The first-order valence-corrected chi connectivity index (χ1v) is 10.6. The van der Waals surface area contributed by atoms with E-state index >= 15 is 0 Å². The molecule has 0 bridgehead atoms. The number of rotatable bonds is 13. The van der Waals surface area contributed by atoms with Crippen LogP contribution in [0, 0.1) is 10.1 Å². The summed E-state index contributed by atoms with van der Waals surface area (Å²) in [5.41, 5.74) is 0.938. The number of para-hydroxylation sites is 1. The summed E-state index contributed by atoms with van der Waals surface area (Å²) >= 11 is 0. The van der Waals surface area contributed by atoms with Gasteiger partial charge >= 0.3 is 12.1 Å². The quantitative estimate of drug-likeness (QED) is 0.238. The maximum absolute atomic E-state index is 12.1. The summed E-state index contributed by atoms with van der Waals surface area (Å²) in [5.74, 6) is -1.71. The summed E-state index contributed by atoms with van der Waals surface area (Å²) in [4.78, 5) is 45.8. The number of nitro benzene ring substituents is 1. The smallest absolute Gasteiger partial charge is 0.407 e. The third-order valence-corrected chi connectivity index (χ3v) is 4.81. The minimum atomic E-state index is -1.26. The molecular formula is C23H27N3O7. The molecule has 2 amide bonds. The van der Waals surface area contributed by atoms with Gasteiger partial charge in [-0.05, 0) is 18.4 Å². The normalized spacial score (nSPS) is 11.3.